The van der Waals surface area contributed by atoms with Gasteiger partial charge in [0.05, 0.1) is 6.20 Å². The molecule has 2 N–H and O–H groups in total. The van der Waals surface area contributed by atoms with Gasteiger partial charge >= 0.3 is 0 Å². The number of rotatable bonds is 1. The van der Waals surface area contributed by atoms with Gasteiger partial charge in [-0.15, -0.1) is 0 Å². The van der Waals surface area contributed by atoms with Crippen LogP contribution in [0.1, 0.15) is 15.9 Å². The van der Waals surface area contributed by atoms with Crippen molar-refractivity contribution in [2.75, 3.05) is 12.8 Å². The van der Waals surface area contributed by atoms with E-state index in [1.807, 2.05) is 18.2 Å². The number of benzene rings is 1. The smallest absolute Gasteiger partial charge is 0.254 e. The zero-order chi connectivity index (χ0) is 12.9. The van der Waals surface area contributed by atoms with Crippen LogP contribution in [0.15, 0.2) is 24.4 Å². The van der Waals surface area contributed by atoms with Crippen molar-refractivity contribution >= 4 is 11.7 Å². The Morgan fingerprint density at radius 2 is 2.06 bits per heavy atom. The topological polar surface area (TPSA) is 64.2 Å². The summed E-state index contributed by atoms with van der Waals surface area (Å²) < 4.78 is 1.62. The fraction of sp³-hybridized carbons (Fsp3) is 0.231. The highest BCUT2D eigenvalue weighted by molar-refractivity contribution is 5.99. The van der Waals surface area contributed by atoms with Gasteiger partial charge in [0.15, 0.2) is 0 Å². The molecule has 92 valence electrons. The molecule has 1 aromatic heterocycles. The molecule has 1 aromatic carbocycles. The van der Waals surface area contributed by atoms with E-state index in [1.165, 1.54) is 0 Å². The zero-order valence-electron chi connectivity index (χ0n) is 10.3. The van der Waals surface area contributed by atoms with Gasteiger partial charge in [0, 0.05) is 31.8 Å². The number of carbonyl (C=O) groups is 1. The first-order valence-electron chi connectivity index (χ1n) is 5.74. The molecule has 0 unspecified atom stereocenters. The number of anilines is 1. The van der Waals surface area contributed by atoms with Crippen LogP contribution in [0.5, 0.6) is 0 Å². The summed E-state index contributed by atoms with van der Waals surface area (Å²) in [6, 6.07) is 5.87. The van der Waals surface area contributed by atoms with Crippen molar-refractivity contribution in [2.45, 2.75) is 6.54 Å². The molecule has 5 heteroatoms. The summed E-state index contributed by atoms with van der Waals surface area (Å²) >= 11 is 0. The lowest BCUT2D eigenvalue weighted by atomic mass is 10.0. The van der Waals surface area contributed by atoms with E-state index in [0.29, 0.717) is 12.4 Å². The van der Waals surface area contributed by atoms with Gasteiger partial charge in [-0.2, -0.15) is 5.10 Å². The quantitative estimate of drug-likeness (QED) is 0.818. The van der Waals surface area contributed by atoms with Crippen molar-refractivity contribution < 1.29 is 4.79 Å². The minimum atomic E-state index is 0.0642. The van der Waals surface area contributed by atoms with Crippen LogP contribution < -0.4 is 5.73 Å². The van der Waals surface area contributed by atoms with Crippen molar-refractivity contribution in [1.82, 2.24) is 14.7 Å². The normalized spacial score (nSPS) is 14.1. The predicted molar refractivity (Wildman–Crippen MR) is 68.9 cm³/mol. The van der Waals surface area contributed by atoms with E-state index in [9.17, 15) is 4.79 Å². The summed E-state index contributed by atoms with van der Waals surface area (Å²) in [6.45, 7) is 0.678. The second-order valence-electron chi connectivity index (χ2n) is 4.60. The molecule has 0 atom stereocenters. The van der Waals surface area contributed by atoms with Gasteiger partial charge in [0.1, 0.15) is 5.82 Å². The number of nitrogen functional groups attached to an aromatic ring is 1. The molecule has 0 aliphatic carbocycles. The molecular formula is C13H14N4O. The second-order valence-corrected chi connectivity index (χ2v) is 4.60. The van der Waals surface area contributed by atoms with Crippen LogP contribution in [0.4, 0.5) is 5.82 Å². The van der Waals surface area contributed by atoms with Crippen LogP contribution >= 0.6 is 0 Å². The molecule has 1 aliphatic rings. The standard InChI is InChI=1S/C13H14N4O/c1-16-7-9-4-3-8(5-10(9)13(16)18)11-6-15-17(2)12(11)14/h3-6H,7,14H2,1-2H3. The molecule has 2 aromatic rings. The van der Waals surface area contributed by atoms with Crippen LogP contribution in [0.25, 0.3) is 11.1 Å². The first-order valence-corrected chi connectivity index (χ1v) is 5.74. The van der Waals surface area contributed by atoms with E-state index in [-0.39, 0.29) is 5.91 Å². The molecule has 0 bridgehead atoms. The zero-order valence-corrected chi connectivity index (χ0v) is 10.3. The number of hydrogen-bond acceptors (Lipinski definition) is 3. The highest BCUT2D eigenvalue weighted by atomic mass is 16.2. The average molecular weight is 242 g/mol. The number of hydrogen-bond donors (Lipinski definition) is 1. The molecule has 1 amide bonds. The highest BCUT2D eigenvalue weighted by Gasteiger charge is 2.24. The Balaban J connectivity index is 2.12. The Hall–Kier alpha value is -2.30. The van der Waals surface area contributed by atoms with Crippen molar-refractivity contribution in [3.63, 3.8) is 0 Å². The van der Waals surface area contributed by atoms with Crippen LogP contribution in [0.2, 0.25) is 0 Å². The lowest BCUT2D eigenvalue weighted by Gasteiger charge is -2.04. The Kier molecular flexibility index (Phi) is 2.16. The maximum absolute atomic E-state index is 11.9. The molecule has 5 nitrogen and oxygen atoms in total. The molecule has 1 aliphatic heterocycles. The maximum atomic E-state index is 11.9. The molecular weight excluding hydrogens is 228 g/mol. The minimum absolute atomic E-state index is 0.0642. The number of aryl methyl sites for hydroxylation is 1. The van der Waals surface area contributed by atoms with Gasteiger partial charge in [-0.05, 0) is 17.2 Å². The summed E-state index contributed by atoms with van der Waals surface area (Å²) in [5.41, 5.74) is 9.57. The second kappa shape index (κ2) is 3.60. The van der Waals surface area contributed by atoms with Gasteiger partial charge in [-0.3, -0.25) is 9.48 Å². The maximum Gasteiger partial charge on any atom is 0.254 e. The third-order valence-corrected chi connectivity index (χ3v) is 3.39. The van der Waals surface area contributed by atoms with E-state index in [2.05, 4.69) is 5.10 Å². The Morgan fingerprint density at radius 1 is 1.28 bits per heavy atom. The number of nitrogens with two attached hydrogens (primary N) is 1. The third kappa shape index (κ3) is 1.40. The van der Waals surface area contributed by atoms with Crippen LogP contribution in [-0.2, 0) is 13.6 Å². The molecule has 0 saturated heterocycles. The van der Waals surface area contributed by atoms with Gasteiger partial charge in [0.2, 0.25) is 0 Å². The average Bonchev–Trinajstić information content (AvgIpc) is 2.83. The fourth-order valence-electron chi connectivity index (χ4n) is 2.28. The highest BCUT2D eigenvalue weighted by Crippen LogP contribution is 2.30. The lowest BCUT2D eigenvalue weighted by molar-refractivity contribution is 0.0816. The van der Waals surface area contributed by atoms with E-state index in [1.54, 1.807) is 29.9 Å². The summed E-state index contributed by atoms with van der Waals surface area (Å²) in [5.74, 6) is 0.670. The molecule has 18 heavy (non-hydrogen) atoms. The monoisotopic (exact) mass is 242 g/mol. The molecule has 2 heterocycles. The van der Waals surface area contributed by atoms with Crippen LogP contribution in [0.3, 0.4) is 0 Å². The molecule has 3 rings (SSSR count). The number of nitrogens with zero attached hydrogens (tertiary/aromatic N) is 3. The van der Waals surface area contributed by atoms with Crippen molar-refractivity contribution in [1.29, 1.82) is 0 Å². The first-order chi connectivity index (χ1) is 8.58. The SMILES string of the molecule is CN1Cc2ccc(-c3cnn(C)c3N)cc2C1=O. The first kappa shape index (κ1) is 10.8. The summed E-state index contributed by atoms with van der Waals surface area (Å²) in [5, 5.41) is 4.12. The van der Waals surface area contributed by atoms with E-state index in [4.69, 9.17) is 5.73 Å². The lowest BCUT2D eigenvalue weighted by Crippen LogP contribution is -2.17. The third-order valence-electron chi connectivity index (χ3n) is 3.39. The summed E-state index contributed by atoms with van der Waals surface area (Å²) in [6.07, 6.45) is 1.72. The van der Waals surface area contributed by atoms with Crippen LogP contribution in [-0.4, -0.2) is 27.6 Å². The fourth-order valence-corrected chi connectivity index (χ4v) is 2.28. The molecule has 0 radical (unpaired) electrons. The molecule has 0 fully saturated rings. The Labute approximate surface area is 105 Å². The largest absolute Gasteiger partial charge is 0.383 e. The van der Waals surface area contributed by atoms with E-state index in [0.717, 1.165) is 22.3 Å². The number of carbonyl (C=O) groups excluding carboxylic acids is 1. The van der Waals surface area contributed by atoms with Crippen molar-refractivity contribution in [2.24, 2.45) is 7.05 Å². The van der Waals surface area contributed by atoms with E-state index >= 15 is 0 Å². The minimum Gasteiger partial charge on any atom is -0.383 e. The number of aromatic nitrogens is 2. The van der Waals surface area contributed by atoms with Gasteiger partial charge in [-0.1, -0.05) is 12.1 Å². The Bertz CT molecular complexity index is 644. The summed E-state index contributed by atoms with van der Waals surface area (Å²) in [4.78, 5) is 13.7. The van der Waals surface area contributed by atoms with Gasteiger partial charge in [-0.25, -0.2) is 0 Å². The van der Waals surface area contributed by atoms with Crippen molar-refractivity contribution in [3.8, 4) is 11.1 Å². The number of fused-ring (bicyclic) bond motifs is 1. The van der Waals surface area contributed by atoms with Crippen molar-refractivity contribution in [3.05, 3.63) is 35.5 Å². The number of amides is 1. The molecule has 0 saturated carbocycles. The van der Waals surface area contributed by atoms with Gasteiger partial charge in [0.25, 0.3) is 5.91 Å². The van der Waals surface area contributed by atoms with Crippen LogP contribution in [0, 0.1) is 0 Å². The summed E-state index contributed by atoms with van der Waals surface area (Å²) in [7, 11) is 3.60. The van der Waals surface area contributed by atoms with Gasteiger partial charge < -0.3 is 10.6 Å². The molecule has 0 spiro atoms. The Morgan fingerprint density at radius 3 is 2.72 bits per heavy atom. The van der Waals surface area contributed by atoms with E-state index < -0.39 is 0 Å². The predicted octanol–water partition coefficient (Wildman–Crippen LogP) is 1.25.